The van der Waals surface area contributed by atoms with Crippen molar-refractivity contribution in [3.05, 3.63) is 42.0 Å². The molecule has 0 unspecified atom stereocenters. The summed E-state index contributed by atoms with van der Waals surface area (Å²) in [5.41, 5.74) is 1.34. The molecule has 0 bridgehead atoms. The highest BCUT2D eigenvalue weighted by Gasteiger charge is 2.09. The van der Waals surface area contributed by atoms with Gasteiger partial charge in [-0.15, -0.1) is 0 Å². The second-order valence-corrected chi connectivity index (χ2v) is 3.18. The van der Waals surface area contributed by atoms with Crippen molar-refractivity contribution in [1.82, 2.24) is 0 Å². The highest BCUT2D eigenvalue weighted by Crippen LogP contribution is 2.36. The molecule has 1 rings (SSSR count). The average molecular weight is 222 g/mol. The SMILES string of the molecule is C=CCOc1ccc(Cl)c(C=C)c1N=C. The van der Waals surface area contributed by atoms with Crippen molar-refractivity contribution in [1.29, 1.82) is 0 Å². The summed E-state index contributed by atoms with van der Waals surface area (Å²) in [5.74, 6) is 0.629. The summed E-state index contributed by atoms with van der Waals surface area (Å²) in [7, 11) is 0. The molecule has 0 aliphatic heterocycles. The number of rotatable bonds is 5. The third-order valence-corrected chi connectivity index (χ3v) is 2.18. The van der Waals surface area contributed by atoms with E-state index in [1.165, 1.54) is 0 Å². The molecule has 0 amide bonds. The van der Waals surface area contributed by atoms with Crippen molar-refractivity contribution < 1.29 is 4.74 Å². The minimum Gasteiger partial charge on any atom is -0.487 e. The molecule has 0 saturated heterocycles. The fourth-order valence-electron chi connectivity index (χ4n) is 1.19. The maximum atomic E-state index is 5.98. The van der Waals surface area contributed by atoms with Gasteiger partial charge in [0, 0.05) is 5.56 Å². The molecule has 0 spiro atoms. The Bertz CT molecular complexity index is 399. The molecule has 0 aliphatic carbocycles. The van der Waals surface area contributed by atoms with E-state index in [-0.39, 0.29) is 0 Å². The van der Waals surface area contributed by atoms with Crippen molar-refractivity contribution in [3.8, 4) is 5.75 Å². The number of hydrogen-bond donors (Lipinski definition) is 0. The largest absolute Gasteiger partial charge is 0.487 e. The monoisotopic (exact) mass is 221 g/mol. The van der Waals surface area contributed by atoms with E-state index in [9.17, 15) is 0 Å². The highest BCUT2D eigenvalue weighted by molar-refractivity contribution is 6.32. The lowest BCUT2D eigenvalue weighted by Gasteiger charge is -2.10. The van der Waals surface area contributed by atoms with Crippen LogP contribution in [0.15, 0.2) is 36.4 Å². The van der Waals surface area contributed by atoms with E-state index in [0.717, 1.165) is 5.56 Å². The maximum Gasteiger partial charge on any atom is 0.146 e. The number of hydrogen-bond acceptors (Lipinski definition) is 2. The molecule has 0 atom stereocenters. The van der Waals surface area contributed by atoms with Gasteiger partial charge < -0.3 is 4.74 Å². The fraction of sp³-hybridized carbons (Fsp3) is 0.0833. The van der Waals surface area contributed by atoms with Crippen molar-refractivity contribution in [2.24, 2.45) is 4.99 Å². The molecule has 3 heteroatoms. The summed E-state index contributed by atoms with van der Waals surface area (Å²) in [6.07, 6.45) is 3.29. The predicted octanol–water partition coefficient (Wildman–Crippen LogP) is 3.88. The number of aliphatic imine (C=N–C) groups is 1. The summed E-state index contributed by atoms with van der Waals surface area (Å²) < 4.78 is 5.42. The normalized spacial score (nSPS) is 9.40. The Labute approximate surface area is 94.6 Å². The van der Waals surface area contributed by atoms with Gasteiger partial charge in [0.1, 0.15) is 18.0 Å². The number of halogens is 1. The van der Waals surface area contributed by atoms with E-state index in [4.69, 9.17) is 16.3 Å². The predicted molar refractivity (Wildman–Crippen MR) is 66.4 cm³/mol. The first kappa shape index (κ1) is 11.5. The molecule has 0 fully saturated rings. The van der Waals surface area contributed by atoms with Gasteiger partial charge in [0.2, 0.25) is 0 Å². The molecule has 0 saturated carbocycles. The van der Waals surface area contributed by atoms with Crippen LogP contribution in [0.3, 0.4) is 0 Å². The molecule has 15 heavy (non-hydrogen) atoms. The standard InChI is InChI=1S/C12H12ClNO/c1-4-8-15-11-7-6-10(13)9(5-2)12(11)14-3/h4-7H,1-3,8H2. The minimum absolute atomic E-state index is 0.417. The lowest BCUT2D eigenvalue weighted by atomic mass is 10.1. The van der Waals surface area contributed by atoms with Crippen LogP contribution in [0.4, 0.5) is 5.69 Å². The Morgan fingerprint density at radius 2 is 2.13 bits per heavy atom. The quantitative estimate of drug-likeness (QED) is 0.546. The summed E-state index contributed by atoms with van der Waals surface area (Å²) in [5, 5.41) is 0.582. The second-order valence-electron chi connectivity index (χ2n) is 2.77. The van der Waals surface area contributed by atoms with Gasteiger partial charge in [0.15, 0.2) is 0 Å². The van der Waals surface area contributed by atoms with Crippen molar-refractivity contribution in [2.75, 3.05) is 6.61 Å². The molecular weight excluding hydrogens is 210 g/mol. The molecule has 1 aromatic rings. The molecule has 2 nitrogen and oxygen atoms in total. The first-order valence-corrected chi connectivity index (χ1v) is 4.77. The van der Waals surface area contributed by atoms with Crippen LogP contribution < -0.4 is 4.74 Å². The smallest absolute Gasteiger partial charge is 0.146 e. The topological polar surface area (TPSA) is 21.6 Å². The third kappa shape index (κ3) is 2.48. The molecule has 0 heterocycles. The Balaban J connectivity index is 3.21. The van der Waals surface area contributed by atoms with Crippen LogP contribution in [-0.2, 0) is 0 Å². The van der Waals surface area contributed by atoms with Crippen LogP contribution in [0.5, 0.6) is 5.75 Å². The van der Waals surface area contributed by atoms with E-state index in [0.29, 0.717) is 23.1 Å². The van der Waals surface area contributed by atoms with Crippen molar-refractivity contribution in [2.45, 2.75) is 0 Å². The molecule has 78 valence electrons. The molecule has 1 aromatic carbocycles. The number of nitrogens with zero attached hydrogens (tertiary/aromatic N) is 1. The van der Waals surface area contributed by atoms with E-state index < -0.39 is 0 Å². The van der Waals surface area contributed by atoms with Crippen LogP contribution >= 0.6 is 11.6 Å². The summed E-state index contributed by atoms with van der Waals surface area (Å²) in [4.78, 5) is 3.89. The number of benzene rings is 1. The Morgan fingerprint density at radius 3 is 2.67 bits per heavy atom. The van der Waals surface area contributed by atoms with E-state index in [1.54, 1.807) is 24.3 Å². The minimum atomic E-state index is 0.417. The zero-order chi connectivity index (χ0) is 11.3. The Hall–Kier alpha value is -1.54. The van der Waals surface area contributed by atoms with Gasteiger partial charge in [0.05, 0.1) is 5.02 Å². The van der Waals surface area contributed by atoms with E-state index in [1.807, 2.05) is 0 Å². The van der Waals surface area contributed by atoms with Crippen molar-refractivity contribution >= 4 is 30.1 Å². The van der Waals surface area contributed by atoms with Gasteiger partial charge in [-0.2, -0.15) is 0 Å². The average Bonchev–Trinajstić information content (AvgIpc) is 2.26. The van der Waals surface area contributed by atoms with Crippen molar-refractivity contribution in [3.63, 3.8) is 0 Å². The third-order valence-electron chi connectivity index (χ3n) is 1.85. The van der Waals surface area contributed by atoms with Crippen LogP contribution in [0.25, 0.3) is 6.08 Å². The van der Waals surface area contributed by atoms with Crippen LogP contribution in [-0.4, -0.2) is 13.3 Å². The summed E-state index contributed by atoms with van der Waals surface area (Å²) in [6.45, 7) is 11.2. The van der Waals surface area contributed by atoms with Crippen LogP contribution in [0, 0.1) is 0 Å². The Kier molecular flexibility index (Phi) is 4.13. The zero-order valence-corrected chi connectivity index (χ0v) is 9.13. The molecule has 0 aromatic heterocycles. The highest BCUT2D eigenvalue weighted by atomic mass is 35.5. The fourth-order valence-corrected chi connectivity index (χ4v) is 1.42. The lowest BCUT2D eigenvalue weighted by molar-refractivity contribution is 0.364. The van der Waals surface area contributed by atoms with E-state index >= 15 is 0 Å². The molecule has 0 aliphatic rings. The van der Waals surface area contributed by atoms with Gasteiger partial charge in [-0.25, -0.2) is 0 Å². The molecular formula is C12H12ClNO. The number of ether oxygens (including phenoxy) is 1. The maximum absolute atomic E-state index is 5.98. The Morgan fingerprint density at radius 1 is 1.40 bits per heavy atom. The molecule has 0 N–H and O–H groups in total. The first-order chi connectivity index (χ1) is 7.24. The zero-order valence-electron chi connectivity index (χ0n) is 8.37. The van der Waals surface area contributed by atoms with Gasteiger partial charge in [-0.1, -0.05) is 36.9 Å². The van der Waals surface area contributed by atoms with E-state index in [2.05, 4.69) is 24.9 Å². The van der Waals surface area contributed by atoms with Gasteiger partial charge in [-0.3, -0.25) is 4.99 Å². The van der Waals surface area contributed by atoms with Gasteiger partial charge in [-0.05, 0) is 18.9 Å². The van der Waals surface area contributed by atoms with Crippen LogP contribution in [0.2, 0.25) is 5.02 Å². The lowest BCUT2D eigenvalue weighted by Crippen LogP contribution is -1.94. The second kappa shape index (κ2) is 5.37. The van der Waals surface area contributed by atoms with Crippen LogP contribution in [0.1, 0.15) is 5.56 Å². The van der Waals surface area contributed by atoms with Gasteiger partial charge >= 0.3 is 0 Å². The summed E-state index contributed by atoms with van der Waals surface area (Å²) >= 11 is 5.98. The summed E-state index contributed by atoms with van der Waals surface area (Å²) in [6, 6.07) is 3.49. The molecule has 0 radical (unpaired) electrons. The first-order valence-electron chi connectivity index (χ1n) is 4.40. The van der Waals surface area contributed by atoms with Gasteiger partial charge in [0.25, 0.3) is 0 Å².